The van der Waals surface area contributed by atoms with Crippen LogP contribution in [0.4, 0.5) is 0 Å². The first kappa shape index (κ1) is 20.3. The zero-order valence-electron chi connectivity index (χ0n) is 15.5. The van der Waals surface area contributed by atoms with Gasteiger partial charge in [0.25, 0.3) is 0 Å². The molecule has 2 aromatic heterocycles. The lowest BCUT2D eigenvalue weighted by atomic mass is 9.73. The Morgan fingerprint density at radius 3 is 2.66 bits per heavy atom. The van der Waals surface area contributed by atoms with Gasteiger partial charge in [-0.3, -0.25) is 9.78 Å². The smallest absolute Gasteiger partial charge is 0.231 e. The molecule has 1 aromatic carbocycles. The van der Waals surface area contributed by atoms with Crippen molar-refractivity contribution in [2.24, 2.45) is 0 Å². The highest BCUT2D eigenvalue weighted by Gasteiger charge is 2.43. The first-order chi connectivity index (χ1) is 14.1. The van der Waals surface area contributed by atoms with Crippen molar-refractivity contribution >= 4 is 40.4 Å². The topological polar surface area (TPSA) is 64.1 Å². The van der Waals surface area contributed by atoms with E-state index < -0.39 is 5.41 Å². The number of rotatable bonds is 5. The number of thiazole rings is 1. The number of ether oxygens (including phenoxy) is 1. The lowest BCUT2D eigenvalue weighted by molar-refractivity contribution is -0.130. The Kier molecular flexibility index (Phi) is 6.15. The summed E-state index contributed by atoms with van der Waals surface area (Å²) in [6.07, 6.45) is 4.61. The van der Waals surface area contributed by atoms with E-state index in [1.165, 1.54) is 11.3 Å². The minimum atomic E-state index is -0.731. The van der Waals surface area contributed by atoms with E-state index in [4.69, 9.17) is 27.9 Å². The number of hydrogen-bond donors (Lipinski definition) is 1. The molecule has 4 rings (SSSR count). The Hall–Kier alpha value is -1.99. The van der Waals surface area contributed by atoms with Crippen molar-refractivity contribution in [1.82, 2.24) is 15.3 Å². The lowest BCUT2D eigenvalue weighted by Crippen LogP contribution is -2.48. The van der Waals surface area contributed by atoms with Crippen LogP contribution in [0.2, 0.25) is 10.0 Å². The van der Waals surface area contributed by atoms with Gasteiger partial charge in [0.1, 0.15) is 5.01 Å². The van der Waals surface area contributed by atoms with Gasteiger partial charge >= 0.3 is 0 Å². The fraction of sp³-hybridized carbons (Fsp3) is 0.286. The molecule has 1 saturated heterocycles. The van der Waals surface area contributed by atoms with E-state index >= 15 is 0 Å². The van der Waals surface area contributed by atoms with Crippen molar-refractivity contribution in [3.63, 3.8) is 0 Å². The van der Waals surface area contributed by atoms with Gasteiger partial charge < -0.3 is 10.1 Å². The zero-order valence-corrected chi connectivity index (χ0v) is 17.9. The minimum absolute atomic E-state index is 0.0642. The second kappa shape index (κ2) is 8.79. The van der Waals surface area contributed by atoms with Crippen molar-refractivity contribution < 1.29 is 9.53 Å². The minimum Gasteiger partial charge on any atom is -0.381 e. The number of carbonyl (C=O) groups is 1. The molecule has 0 radical (unpaired) electrons. The molecule has 3 aromatic rings. The first-order valence-corrected chi connectivity index (χ1v) is 10.9. The highest BCUT2D eigenvalue weighted by molar-refractivity contribution is 7.09. The normalized spacial score (nSPS) is 15.8. The van der Waals surface area contributed by atoms with Gasteiger partial charge in [-0.15, -0.1) is 11.3 Å². The third-order valence-electron chi connectivity index (χ3n) is 5.16. The van der Waals surface area contributed by atoms with E-state index in [0.29, 0.717) is 42.6 Å². The van der Waals surface area contributed by atoms with Crippen LogP contribution in [0.25, 0.3) is 11.3 Å². The third-order valence-corrected chi connectivity index (χ3v) is 6.55. The van der Waals surface area contributed by atoms with E-state index in [0.717, 1.165) is 21.8 Å². The largest absolute Gasteiger partial charge is 0.381 e. The third kappa shape index (κ3) is 4.31. The van der Waals surface area contributed by atoms with Gasteiger partial charge in [-0.25, -0.2) is 4.98 Å². The van der Waals surface area contributed by atoms with Crippen LogP contribution in [0.15, 0.2) is 48.1 Å². The summed E-state index contributed by atoms with van der Waals surface area (Å²) in [6.45, 7) is 1.38. The average molecular weight is 448 g/mol. The molecule has 3 heterocycles. The highest BCUT2D eigenvalue weighted by atomic mass is 35.5. The molecule has 0 aliphatic carbocycles. The van der Waals surface area contributed by atoms with Crippen LogP contribution in [-0.2, 0) is 21.5 Å². The fourth-order valence-electron chi connectivity index (χ4n) is 3.59. The second-order valence-corrected chi connectivity index (χ2v) is 8.65. The molecule has 8 heteroatoms. The number of hydrogen-bond acceptors (Lipinski definition) is 5. The van der Waals surface area contributed by atoms with Crippen molar-refractivity contribution in [1.29, 1.82) is 0 Å². The van der Waals surface area contributed by atoms with Crippen molar-refractivity contribution in [3.8, 4) is 11.3 Å². The van der Waals surface area contributed by atoms with Crippen LogP contribution in [0.3, 0.4) is 0 Å². The Morgan fingerprint density at radius 1 is 1.17 bits per heavy atom. The number of halogens is 2. The van der Waals surface area contributed by atoms with Crippen LogP contribution in [-0.4, -0.2) is 29.1 Å². The predicted molar refractivity (Wildman–Crippen MR) is 115 cm³/mol. The van der Waals surface area contributed by atoms with Gasteiger partial charge in [0.15, 0.2) is 0 Å². The van der Waals surface area contributed by atoms with Gasteiger partial charge in [-0.1, -0.05) is 29.3 Å². The number of nitrogens with zero attached hydrogens (tertiary/aromatic N) is 2. The monoisotopic (exact) mass is 447 g/mol. The average Bonchev–Trinajstić information content (AvgIpc) is 3.22. The molecule has 0 unspecified atom stereocenters. The molecule has 0 saturated carbocycles. The fourth-order valence-corrected chi connectivity index (χ4v) is 4.92. The highest BCUT2D eigenvalue weighted by Crippen LogP contribution is 2.40. The summed E-state index contributed by atoms with van der Waals surface area (Å²) in [6, 6.07) is 9.13. The molecule has 0 atom stereocenters. The van der Waals surface area contributed by atoms with Crippen LogP contribution in [0.5, 0.6) is 0 Å². The number of aromatic nitrogens is 2. The van der Waals surface area contributed by atoms with E-state index in [1.807, 2.05) is 23.6 Å². The summed E-state index contributed by atoms with van der Waals surface area (Å²) >= 11 is 14.0. The summed E-state index contributed by atoms with van der Waals surface area (Å²) in [7, 11) is 0. The summed E-state index contributed by atoms with van der Waals surface area (Å²) in [5, 5.41) is 6.94. The summed E-state index contributed by atoms with van der Waals surface area (Å²) in [4.78, 5) is 22.0. The van der Waals surface area contributed by atoms with E-state index in [-0.39, 0.29) is 5.91 Å². The zero-order chi connectivity index (χ0) is 20.3. The Bertz CT molecular complexity index is 1000. The van der Waals surface area contributed by atoms with Crippen LogP contribution in [0.1, 0.15) is 23.4 Å². The quantitative estimate of drug-likeness (QED) is 0.605. The molecule has 29 heavy (non-hydrogen) atoms. The molecule has 1 N–H and O–H groups in total. The molecule has 0 spiro atoms. The van der Waals surface area contributed by atoms with Crippen molar-refractivity contribution in [2.45, 2.75) is 24.8 Å². The van der Waals surface area contributed by atoms with Gasteiger partial charge in [0.2, 0.25) is 5.91 Å². The molecule has 1 aliphatic heterocycles. The number of benzene rings is 1. The van der Waals surface area contributed by atoms with Gasteiger partial charge in [0, 0.05) is 46.6 Å². The molecular formula is C21H19Cl2N3O2S. The Morgan fingerprint density at radius 2 is 1.93 bits per heavy atom. The summed E-state index contributed by atoms with van der Waals surface area (Å²) in [5.74, 6) is -0.0642. The molecule has 5 nitrogen and oxygen atoms in total. The molecule has 1 aliphatic rings. The molecule has 1 fully saturated rings. The number of pyridine rings is 1. The maximum absolute atomic E-state index is 13.3. The standard InChI is InChI=1S/C21H19Cl2N3O2S/c22-15-1-2-16(17(23)11-15)21(5-9-28-10-6-21)20(27)25-12-19-26-18(13-29-19)14-3-7-24-8-4-14/h1-4,7-8,11,13H,5-6,9-10,12H2,(H,25,27). The maximum Gasteiger partial charge on any atom is 0.231 e. The molecule has 0 bridgehead atoms. The van der Waals surface area contributed by atoms with Gasteiger partial charge in [0.05, 0.1) is 17.7 Å². The van der Waals surface area contributed by atoms with Crippen LogP contribution in [0, 0.1) is 0 Å². The predicted octanol–water partition coefficient (Wildman–Crippen LogP) is 4.88. The molecular weight excluding hydrogens is 429 g/mol. The first-order valence-electron chi connectivity index (χ1n) is 9.25. The van der Waals surface area contributed by atoms with E-state index in [9.17, 15) is 4.79 Å². The Labute approximate surface area is 183 Å². The van der Waals surface area contributed by atoms with Crippen LogP contribution >= 0.6 is 34.5 Å². The van der Waals surface area contributed by atoms with Gasteiger partial charge in [-0.2, -0.15) is 0 Å². The Balaban J connectivity index is 1.53. The maximum atomic E-state index is 13.3. The number of nitrogens with one attached hydrogen (secondary N) is 1. The van der Waals surface area contributed by atoms with Crippen LogP contribution < -0.4 is 5.32 Å². The van der Waals surface area contributed by atoms with E-state index in [2.05, 4.69) is 15.3 Å². The molecule has 150 valence electrons. The second-order valence-electron chi connectivity index (χ2n) is 6.86. The van der Waals surface area contributed by atoms with Crippen molar-refractivity contribution in [3.05, 3.63) is 68.7 Å². The SMILES string of the molecule is O=C(NCc1nc(-c2ccncc2)cs1)C1(c2ccc(Cl)cc2Cl)CCOCC1. The number of amides is 1. The number of carbonyl (C=O) groups excluding carboxylic acids is 1. The van der Waals surface area contributed by atoms with E-state index in [1.54, 1.807) is 24.5 Å². The van der Waals surface area contributed by atoms with Crippen molar-refractivity contribution in [2.75, 3.05) is 13.2 Å². The van der Waals surface area contributed by atoms with Gasteiger partial charge in [-0.05, 0) is 42.7 Å². The lowest BCUT2D eigenvalue weighted by Gasteiger charge is -2.36. The summed E-state index contributed by atoms with van der Waals surface area (Å²) in [5.41, 5.74) is 1.94. The summed E-state index contributed by atoms with van der Waals surface area (Å²) < 4.78 is 5.51. The molecule has 1 amide bonds.